The SMILES string of the molecule is Cc1cccc(Oc2cccc(Cl)c2CBr)c1. The third-order valence-electron chi connectivity index (χ3n) is 2.43. The van der Waals surface area contributed by atoms with Gasteiger partial charge in [-0.2, -0.15) is 0 Å². The first-order valence-corrected chi connectivity index (χ1v) is 6.78. The summed E-state index contributed by atoms with van der Waals surface area (Å²) < 4.78 is 5.85. The van der Waals surface area contributed by atoms with E-state index in [1.165, 1.54) is 5.56 Å². The maximum Gasteiger partial charge on any atom is 0.132 e. The van der Waals surface area contributed by atoms with Gasteiger partial charge in [0.1, 0.15) is 11.5 Å². The highest BCUT2D eigenvalue weighted by Crippen LogP contribution is 2.32. The lowest BCUT2D eigenvalue weighted by atomic mass is 10.2. The second kappa shape index (κ2) is 5.56. The highest BCUT2D eigenvalue weighted by molar-refractivity contribution is 9.08. The van der Waals surface area contributed by atoms with Gasteiger partial charge >= 0.3 is 0 Å². The summed E-state index contributed by atoms with van der Waals surface area (Å²) >= 11 is 9.54. The second-order valence-electron chi connectivity index (χ2n) is 3.77. The van der Waals surface area contributed by atoms with Crippen molar-refractivity contribution >= 4 is 27.5 Å². The molecular formula is C14H12BrClO. The molecule has 0 aliphatic carbocycles. The van der Waals surface area contributed by atoms with E-state index in [1.807, 2.05) is 49.4 Å². The van der Waals surface area contributed by atoms with Crippen LogP contribution < -0.4 is 4.74 Å². The van der Waals surface area contributed by atoms with Crippen LogP contribution in [0.15, 0.2) is 42.5 Å². The van der Waals surface area contributed by atoms with Gasteiger partial charge in [0.05, 0.1) is 0 Å². The third kappa shape index (κ3) is 3.02. The van der Waals surface area contributed by atoms with E-state index in [4.69, 9.17) is 16.3 Å². The molecule has 0 radical (unpaired) electrons. The summed E-state index contributed by atoms with van der Waals surface area (Å²) in [7, 11) is 0. The molecule has 0 amide bonds. The average Bonchev–Trinajstić information content (AvgIpc) is 2.29. The molecule has 2 aromatic carbocycles. The normalized spacial score (nSPS) is 10.3. The van der Waals surface area contributed by atoms with E-state index in [0.717, 1.165) is 17.1 Å². The van der Waals surface area contributed by atoms with Gasteiger partial charge in [-0.25, -0.2) is 0 Å². The Morgan fingerprint density at radius 2 is 1.94 bits per heavy atom. The standard InChI is InChI=1S/C14H12BrClO/c1-10-4-2-5-11(8-10)17-14-7-3-6-13(16)12(14)9-15/h2-8H,9H2,1H3. The molecule has 0 saturated heterocycles. The van der Waals surface area contributed by atoms with E-state index in [1.54, 1.807) is 0 Å². The number of aryl methyl sites for hydroxylation is 1. The molecule has 0 aromatic heterocycles. The Labute approximate surface area is 115 Å². The molecule has 0 heterocycles. The van der Waals surface area contributed by atoms with Crippen LogP contribution in [0.2, 0.25) is 5.02 Å². The van der Waals surface area contributed by atoms with Crippen molar-refractivity contribution in [3.63, 3.8) is 0 Å². The van der Waals surface area contributed by atoms with Crippen molar-refractivity contribution in [3.05, 3.63) is 58.6 Å². The molecule has 0 N–H and O–H groups in total. The van der Waals surface area contributed by atoms with E-state index in [2.05, 4.69) is 15.9 Å². The minimum atomic E-state index is 0.674. The molecule has 0 saturated carbocycles. The lowest BCUT2D eigenvalue weighted by molar-refractivity contribution is 0.478. The van der Waals surface area contributed by atoms with Gasteiger partial charge in [-0.3, -0.25) is 0 Å². The quantitative estimate of drug-likeness (QED) is 0.696. The summed E-state index contributed by atoms with van der Waals surface area (Å²) in [5, 5.41) is 1.39. The highest BCUT2D eigenvalue weighted by atomic mass is 79.9. The van der Waals surface area contributed by atoms with Gasteiger partial charge in [0, 0.05) is 15.9 Å². The Morgan fingerprint density at radius 3 is 2.65 bits per heavy atom. The van der Waals surface area contributed by atoms with Gasteiger partial charge in [0.25, 0.3) is 0 Å². The first-order valence-electron chi connectivity index (χ1n) is 5.28. The van der Waals surface area contributed by atoms with E-state index in [9.17, 15) is 0 Å². The molecule has 0 fully saturated rings. The minimum absolute atomic E-state index is 0.674. The largest absolute Gasteiger partial charge is 0.457 e. The maximum atomic E-state index is 6.12. The third-order valence-corrected chi connectivity index (χ3v) is 3.34. The van der Waals surface area contributed by atoms with Crippen molar-refractivity contribution in [1.29, 1.82) is 0 Å². The number of halogens is 2. The lowest BCUT2D eigenvalue weighted by Gasteiger charge is -2.11. The van der Waals surface area contributed by atoms with Crippen LogP contribution in [0.25, 0.3) is 0 Å². The smallest absolute Gasteiger partial charge is 0.132 e. The molecule has 17 heavy (non-hydrogen) atoms. The minimum Gasteiger partial charge on any atom is -0.457 e. The molecular weight excluding hydrogens is 300 g/mol. The monoisotopic (exact) mass is 310 g/mol. The Morgan fingerprint density at radius 1 is 1.18 bits per heavy atom. The zero-order valence-corrected chi connectivity index (χ0v) is 11.8. The summed E-state index contributed by atoms with van der Waals surface area (Å²) in [6, 6.07) is 13.6. The molecule has 0 aliphatic heterocycles. The van der Waals surface area contributed by atoms with Gasteiger partial charge in [0.2, 0.25) is 0 Å². The Bertz CT molecular complexity index is 525. The van der Waals surface area contributed by atoms with Gasteiger partial charge in [-0.05, 0) is 36.8 Å². The molecule has 0 spiro atoms. The van der Waals surface area contributed by atoms with Gasteiger partial charge < -0.3 is 4.74 Å². The van der Waals surface area contributed by atoms with E-state index in [-0.39, 0.29) is 0 Å². The fourth-order valence-electron chi connectivity index (χ4n) is 1.57. The Hall–Kier alpha value is -0.990. The van der Waals surface area contributed by atoms with Gasteiger partial charge in [0.15, 0.2) is 0 Å². The van der Waals surface area contributed by atoms with E-state index < -0.39 is 0 Å². The first-order chi connectivity index (χ1) is 8.20. The first kappa shape index (κ1) is 12.5. The zero-order valence-electron chi connectivity index (χ0n) is 9.41. The fraction of sp³-hybridized carbons (Fsp3) is 0.143. The summed E-state index contributed by atoms with van der Waals surface area (Å²) in [6.45, 7) is 2.04. The van der Waals surface area contributed by atoms with Crippen LogP contribution in [-0.4, -0.2) is 0 Å². The number of hydrogen-bond donors (Lipinski definition) is 0. The van der Waals surface area contributed by atoms with Crippen LogP contribution >= 0.6 is 27.5 Å². The summed E-state index contributed by atoms with van der Waals surface area (Å²) in [5.74, 6) is 1.62. The van der Waals surface area contributed by atoms with Crippen molar-refractivity contribution in [3.8, 4) is 11.5 Å². The van der Waals surface area contributed by atoms with Crippen LogP contribution in [-0.2, 0) is 5.33 Å². The van der Waals surface area contributed by atoms with E-state index >= 15 is 0 Å². The van der Waals surface area contributed by atoms with Crippen LogP contribution in [0.5, 0.6) is 11.5 Å². The van der Waals surface area contributed by atoms with Crippen LogP contribution in [0.3, 0.4) is 0 Å². The Balaban J connectivity index is 2.33. The van der Waals surface area contributed by atoms with Crippen molar-refractivity contribution in [1.82, 2.24) is 0 Å². The van der Waals surface area contributed by atoms with Gasteiger partial charge in [-0.15, -0.1) is 0 Å². The summed E-state index contributed by atoms with van der Waals surface area (Å²) in [6.07, 6.45) is 0. The molecule has 0 aliphatic rings. The Kier molecular flexibility index (Phi) is 4.08. The van der Waals surface area contributed by atoms with Crippen LogP contribution in [0.4, 0.5) is 0 Å². The highest BCUT2D eigenvalue weighted by Gasteiger charge is 2.07. The lowest BCUT2D eigenvalue weighted by Crippen LogP contribution is -1.90. The fourth-order valence-corrected chi connectivity index (χ4v) is 2.54. The van der Waals surface area contributed by atoms with Crippen molar-refractivity contribution in [2.24, 2.45) is 0 Å². The second-order valence-corrected chi connectivity index (χ2v) is 4.74. The van der Waals surface area contributed by atoms with Crippen molar-refractivity contribution in [2.75, 3.05) is 0 Å². The van der Waals surface area contributed by atoms with Crippen molar-refractivity contribution in [2.45, 2.75) is 12.3 Å². The van der Waals surface area contributed by atoms with Crippen LogP contribution in [0.1, 0.15) is 11.1 Å². The summed E-state index contributed by atoms with van der Waals surface area (Å²) in [4.78, 5) is 0. The molecule has 2 aromatic rings. The molecule has 0 bridgehead atoms. The van der Waals surface area contributed by atoms with E-state index in [0.29, 0.717) is 10.4 Å². The number of benzene rings is 2. The average molecular weight is 312 g/mol. The molecule has 88 valence electrons. The number of alkyl halides is 1. The predicted octanol–water partition coefficient (Wildman–Crippen LogP) is 5.34. The molecule has 2 rings (SSSR count). The molecule has 0 atom stereocenters. The predicted molar refractivity (Wildman–Crippen MR) is 75.3 cm³/mol. The molecule has 3 heteroatoms. The van der Waals surface area contributed by atoms with Crippen molar-refractivity contribution < 1.29 is 4.74 Å². The number of hydrogen-bond acceptors (Lipinski definition) is 1. The topological polar surface area (TPSA) is 9.23 Å². The maximum absolute atomic E-state index is 6.12. The number of ether oxygens (including phenoxy) is 1. The molecule has 1 nitrogen and oxygen atoms in total. The van der Waals surface area contributed by atoms with Gasteiger partial charge in [-0.1, -0.05) is 45.7 Å². The molecule has 0 unspecified atom stereocenters. The van der Waals surface area contributed by atoms with Crippen LogP contribution in [0, 0.1) is 6.92 Å². The summed E-state index contributed by atoms with van der Waals surface area (Å²) in [5.41, 5.74) is 2.14. The number of rotatable bonds is 3. The zero-order chi connectivity index (χ0) is 12.3.